The molecule has 1 N–H and O–H groups in total. The third-order valence-corrected chi connectivity index (χ3v) is 3.05. The molecule has 0 bridgehead atoms. The minimum absolute atomic E-state index is 0.118. The van der Waals surface area contributed by atoms with Crippen molar-refractivity contribution in [3.8, 4) is 0 Å². The molecule has 6 nitrogen and oxygen atoms in total. The quantitative estimate of drug-likeness (QED) is 0.535. The Balaban J connectivity index is 2.32. The van der Waals surface area contributed by atoms with Gasteiger partial charge in [0.15, 0.2) is 0 Å². The number of carbonyl (C=O) groups excluding carboxylic acids is 1. The Kier molecular flexibility index (Phi) is 4.13. The number of nitro benzene ring substituents is 1. The molecule has 21 heavy (non-hydrogen) atoms. The van der Waals surface area contributed by atoms with Gasteiger partial charge in [0.2, 0.25) is 5.95 Å². The maximum atomic E-state index is 13.4. The number of nitrogens with one attached hydrogen (secondary N) is 1. The second kappa shape index (κ2) is 5.84. The summed E-state index contributed by atoms with van der Waals surface area (Å²) in [7, 11) is 0. The molecule has 2 rings (SSSR count). The molecule has 2 aromatic rings. The summed E-state index contributed by atoms with van der Waals surface area (Å²) in [5, 5.41) is 13.1. The van der Waals surface area contributed by atoms with Gasteiger partial charge in [0, 0.05) is 18.0 Å². The van der Waals surface area contributed by atoms with Crippen LogP contribution in [0.1, 0.15) is 15.9 Å². The summed E-state index contributed by atoms with van der Waals surface area (Å²) in [6.07, 6.45) is 1.22. The van der Waals surface area contributed by atoms with Crippen LogP contribution in [0.25, 0.3) is 0 Å². The third kappa shape index (κ3) is 3.14. The Hall–Kier alpha value is -2.54. The fraction of sp³-hybridized carbons (Fsp3) is 0.0769. The van der Waals surface area contributed by atoms with E-state index in [-0.39, 0.29) is 22.0 Å². The van der Waals surface area contributed by atoms with Crippen LogP contribution in [0.5, 0.6) is 0 Å². The van der Waals surface area contributed by atoms with Crippen LogP contribution in [0, 0.1) is 23.0 Å². The van der Waals surface area contributed by atoms with Crippen LogP contribution in [0.3, 0.4) is 0 Å². The summed E-state index contributed by atoms with van der Waals surface area (Å²) >= 11 is 5.78. The number of aromatic nitrogens is 1. The van der Waals surface area contributed by atoms with Crippen molar-refractivity contribution in [3.63, 3.8) is 0 Å². The van der Waals surface area contributed by atoms with Crippen LogP contribution in [0.4, 0.5) is 15.8 Å². The van der Waals surface area contributed by atoms with Crippen molar-refractivity contribution < 1.29 is 14.1 Å². The number of pyridine rings is 1. The largest absolute Gasteiger partial charge is 0.322 e. The molecular weight excluding hydrogens is 301 g/mol. The highest BCUT2D eigenvalue weighted by Gasteiger charge is 2.18. The first kappa shape index (κ1) is 14.9. The first-order valence-electron chi connectivity index (χ1n) is 5.76. The van der Waals surface area contributed by atoms with Gasteiger partial charge < -0.3 is 5.32 Å². The van der Waals surface area contributed by atoms with Gasteiger partial charge in [-0.1, -0.05) is 11.6 Å². The van der Waals surface area contributed by atoms with Crippen molar-refractivity contribution in [3.05, 3.63) is 62.7 Å². The standard InChI is InChI=1S/C13H9ClFN3O3/c1-7-5-11(18(20)21)9(14)6-10(7)17-13(19)8-3-2-4-16-12(8)15/h2-6H,1H3,(H,17,19). The van der Waals surface area contributed by atoms with E-state index in [4.69, 9.17) is 11.6 Å². The van der Waals surface area contributed by atoms with Crippen LogP contribution in [0.2, 0.25) is 5.02 Å². The summed E-state index contributed by atoms with van der Waals surface area (Å²) in [6, 6.07) is 5.19. The van der Waals surface area contributed by atoms with Crippen LogP contribution >= 0.6 is 11.6 Å². The van der Waals surface area contributed by atoms with Crippen LogP contribution < -0.4 is 5.32 Å². The van der Waals surface area contributed by atoms with Crippen molar-refractivity contribution in [2.45, 2.75) is 6.92 Å². The number of carbonyl (C=O) groups is 1. The molecule has 0 saturated heterocycles. The number of hydrogen-bond donors (Lipinski definition) is 1. The van der Waals surface area contributed by atoms with Crippen molar-refractivity contribution in [1.82, 2.24) is 4.98 Å². The van der Waals surface area contributed by atoms with Crippen LogP contribution in [-0.4, -0.2) is 15.8 Å². The van der Waals surface area contributed by atoms with Gasteiger partial charge in [-0.2, -0.15) is 4.39 Å². The van der Waals surface area contributed by atoms with E-state index < -0.39 is 16.8 Å². The highest BCUT2D eigenvalue weighted by atomic mass is 35.5. The zero-order valence-electron chi connectivity index (χ0n) is 10.8. The van der Waals surface area contributed by atoms with E-state index >= 15 is 0 Å². The van der Waals surface area contributed by atoms with Crippen molar-refractivity contribution >= 4 is 28.9 Å². The van der Waals surface area contributed by atoms with Crippen LogP contribution in [0.15, 0.2) is 30.5 Å². The lowest BCUT2D eigenvalue weighted by Crippen LogP contribution is -2.15. The molecule has 0 unspecified atom stereocenters. The lowest BCUT2D eigenvalue weighted by Gasteiger charge is -2.09. The maximum absolute atomic E-state index is 13.4. The highest BCUT2D eigenvalue weighted by molar-refractivity contribution is 6.33. The normalized spacial score (nSPS) is 10.2. The average molecular weight is 310 g/mol. The molecule has 0 spiro atoms. The molecule has 1 aromatic carbocycles. The van der Waals surface area contributed by atoms with E-state index in [0.29, 0.717) is 5.56 Å². The summed E-state index contributed by atoms with van der Waals surface area (Å²) in [4.78, 5) is 25.5. The van der Waals surface area contributed by atoms with Gasteiger partial charge in [-0.05, 0) is 30.7 Å². The summed E-state index contributed by atoms with van der Waals surface area (Å²) in [6.45, 7) is 1.57. The number of rotatable bonds is 3. The van der Waals surface area contributed by atoms with Gasteiger partial charge in [-0.25, -0.2) is 4.98 Å². The predicted molar refractivity (Wildman–Crippen MR) is 75.0 cm³/mol. The molecule has 0 aliphatic heterocycles. The molecular formula is C13H9ClFN3O3. The topological polar surface area (TPSA) is 85.1 Å². The van der Waals surface area contributed by atoms with E-state index in [9.17, 15) is 19.3 Å². The van der Waals surface area contributed by atoms with Crippen LogP contribution in [-0.2, 0) is 0 Å². The monoisotopic (exact) mass is 309 g/mol. The summed E-state index contributed by atoms with van der Waals surface area (Å²) < 4.78 is 13.4. The molecule has 1 aromatic heterocycles. The van der Waals surface area contributed by atoms with Gasteiger partial charge in [-0.15, -0.1) is 0 Å². The molecule has 0 saturated carbocycles. The number of halogens is 2. The van der Waals surface area contributed by atoms with Crippen molar-refractivity contribution in [2.24, 2.45) is 0 Å². The predicted octanol–water partition coefficient (Wildman–Crippen LogP) is 3.34. The maximum Gasteiger partial charge on any atom is 0.288 e. The third-order valence-electron chi connectivity index (χ3n) is 2.74. The average Bonchev–Trinajstić information content (AvgIpc) is 2.42. The van der Waals surface area contributed by atoms with Gasteiger partial charge >= 0.3 is 0 Å². The van der Waals surface area contributed by atoms with Crippen molar-refractivity contribution in [1.29, 1.82) is 0 Å². The zero-order valence-corrected chi connectivity index (χ0v) is 11.5. The number of nitro groups is 1. The first-order valence-corrected chi connectivity index (χ1v) is 6.14. The van der Waals surface area contributed by atoms with Gasteiger partial charge in [0.1, 0.15) is 5.02 Å². The number of anilines is 1. The fourth-order valence-corrected chi connectivity index (χ4v) is 1.92. The lowest BCUT2D eigenvalue weighted by molar-refractivity contribution is -0.384. The number of amides is 1. The number of benzene rings is 1. The van der Waals surface area contributed by atoms with E-state index in [1.165, 1.54) is 30.5 Å². The zero-order chi connectivity index (χ0) is 15.6. The number of aryl methyl sites for hydroxylation is 1. The van der Waals surface area contributed by atoms with Crippen molar-refractivity contribution in [2.75, 3.05) is 5.32 Å². The Labute approximate surface area is 123 Å². The Morgan fingerprint density at radius 1 is 1.48 bits per heavy atom. The molecule has 0 aliphatic rings. The molecule has 108 valence electrons. The number of nitrogens with zero attached hydrogens (tertiary/aromatic N) is 2. The van der Waals surface area contributed by atoms with E-state index in [2.05, 4.69) is 10.3 Å². The molecule has 0 fully saturated rings. The Morgan fingerprint density at radius 3 is 2.81 bits per heavy atom. The first-order chi connectivity index (χ1) is 9.90. The molecule has 1 heterocycles. The second-order valence-electron chi connectivity index (χ2n) is 4.17. The van der Waals surface area contributed by atoms with Gasteiger partial charge in [0.05, 0.1) is 10.5 Å². The van der Waals surface area contributed by atoms with E-state index in [1.807, 2.05) is 0 Å². The molecule has 0 aliphatic carbocycles. The molecule has 0 atom stereocenters. The minimum atomic E-state index is -0.902. The minimum Gasteiger partial charge on any atom is -0.322 e. The lowest BCUT2D eigenvalue weighted by atomic mass is 10.1. The summed E-state index contributed by atoms with van der Waals surface area (Å²) in [5.41, 5.74) is 0.203. The highest BCUT2D eigenvalue weighted by Crippen LogP contribution is 2.30. The molecule has 1 amide bonds. The Morgan fingerprint density at radius 2 is 2.19 bits per heavy atom. The molecule has 0 radical (unpaired) electrons. The smallest absolute Gasteiger partial charge is 0.288 e. The van der Waals surface area contributed by atoms with E-state index in [1.54, 1.807) is 6.92 Å². The van der Waals surface area contributed by atoms with Gasteiger partial charge in [-0.3, -0.25) is 14.9 Å². The Bertz CT molecular complexity index is 737. The second-order valence-corrected chi connectivity index (χ2v) is 4.58. The molecule has 8 heteroatoms. The van der Waals surface area contributed by atoms with Gasteiger partial charge in [0.25, 0.3) is 11.6 Å². The fourth-order valence-electron chi connectivity index (χ4n) is 1.69. The van der Waals surface area contributed by atoms with E-state index in [0.717, 1.165) is 0 Å². The SMILES string of the molecule is Cc1cc([N+](=O)[O-])c(Cl)cc1NC(=O)c1cccnc1F. The summed E-state index contributed by atoms with van der Waals surface area (Å²) in [5.74, 6) is -1.62. The number of hydrogen-bond acceptors (Lipinski definition) is 4.